The summed E-state index contributed by atoms with van der Waals surface area (Å²) in [6.45, 7) is 7.28. The molecule has 0 bridgehead atoms. The van der Waals surface area contributed by atoms with Crippen molar-refractivity contribution in [2.75, 3.05) is 4.43 Å². The van der Waals surface area contributed by atoms with Crippen LogP contribution >= 0.6 is 22.6 Å². The van der Waals surface area contributed by atoms with Gasteiger partial charge in [0, 0.05) is 4.43 Å². The second-order valence-corrected chi connectivity index (χ2v) is 4.17. The number of rotatable bonds is 3. The molecule has 0 unspecified atom stereocenters. The van der Waals surface area contributed by atoms with E-state index in [1.807, 2.05) is 13.8 Å². The van der Waals surface area contributed by atoms with Gasteiger partial charge >= 0.3 is 6.16 Å². The van der Waals surface area contributed by atoms with Crippen molar-refractivity contribution >= 4 is 28.7 Å². The molecule has 0 N–H and O–H groups in total. The predicted molar refractivity (Wildman–Crippen MR) is 55.7 cm³/mol. The molecule has 0 aromatic carbocycles. The largest absolute Gasteiger partial charge is 0.509 e. The summed E-state index contributed by atoms with van der Waals surface area (Å²) in [5.41, 5.74) is -0.438. The van der Waals surface area contributed by atoms with Gasteiger partial charge in [0.05, 0.1) is 6.10 Å². The van der Waals surface area contributed by atoms with Crippen molar-refractivity contribution in [2.24, 2.45) is 0 Å². The topological polar surface area (TPSA) is 35.5 Å². The van der Waals surface area contributed by atoms with Crippen LogP contribution in [-0.4, -0.2) is 22.3 Å². The monoisotopic (exact) mass is 286 g/mol. The highest BCUT2D eigenvalue weighted by atomic mass is 127. The molecule has 0 atom stereocenters. The number of hydrogen-bond acceptors (Lipinski definition) is 3. The van der Waals surface area contributed by atoms with Gasteiger partial charge in [-0.05, 0) is 27.7 Å². The van der Waals surface area contributed by atoms with Gasteiger partial charge in [0.25, 0.3) is 0 Å². The van der Waals surface area contributed by atoms with Crippen LogP contribution in [0.5, 0.6) is 0 Å². The maximum atomic E-state index is 11.0. The Bertz CT molecular complexity index is 154. The zero-order valence-corrected chi connectivity index (χ0v) is 10.0. The van der Waals surface area contributed by atoms with Crippen LogP contribution in [0.25, 0.3) is 0 Å². The highest BCUT2D eigenvalue weighted by molar-refractivity contribution is 14.1. The first-order valence-electron chi connectivity index (χ1n) is 3.83. The summed E-state index contributed by atoms with van der Waals surface area (Å²) in [6.07, 6.45) is -0.714. The third-order valence-electron chi connectivity index (χ3n) is 1.01. The van der Waals surface area contributed by atoms with Crippen molar-refractivity contribution in [2.45, 2.75) is 39.4 Å². The molecule has 0 fully saturated rings. The first-order chi connectivity index (χ1) is 5.37. The van der Waals surface area contributed by atoms with E-state index in [0.29, 0.717) is 0 Å². The molecule has 0 aliphatic carbocycles. The van der Waals surface area contributed by atoms with Crippen LogP contribution in [0.4, 0.5) is 4.79 Å². The van der Waals surface area contributed by atoms with Gasteiger partial charge in [-0.2, -0.15) is 0 Å². The van der Waals surface area contributed by atoms with E-state index in [4.69, 9.17) is 9.47 Å². The van der Waals surface area contributed by atoms with E-state index in [0.717, 1.165) is 4.43 Å². The molecule has 0 spiro atoms. The Labute approximate surface area is 86.9 Å². The molecule has 0 aliphatic heterocycles. The average Bonchev–Trinajstić information content (AvgIpc) is 1.84. The Hall–Kier alpha value is 0. The van der Waals surface area contributed by atoms with Crippen molar-refractivity contribution in [3.63, 3.8) is 0 Å². The molecule has 0 saturated heterocycles. The fourth-order valence-corrected chi connectivity index (χ4v) is 0.625. The molecular formula is C8H15IO3. The van der Waals surface area contributed by atoms with E-state index in [1.54, 1.807) is 13.8 Å². The lowest BCUT2D eigenvalue weighted by atomic mass is 10.2. The Balaban J connectivity index is 3.84. The van der Waals surface area contributed by atoms with Gasteiger partial charge in [0.15, 0.2) is 0 Å². The van der Waals surface area contributed by atoms with Gasteiger partial charge < -0.3 is 9.47 Å². The van der Waals surface area contributed by atoms with Crippen LogP contribution in [0.3, 0.4) is 0 Å². The summed E-state index contributed by atoms with van der Waals surface area (Å²) in [5.74, 6) is 0. The summed E-state index contributed by atoms with van der Waals surface area (Å²) in [5, 5.41) is 0. The molecule has 0 saturated carbocycles. The Morgan fingerprint density at radius 3 is 2.33 bits per heavy atom. The van der Waals surface area contributed by atoms with E-state index in [2.05, 4.69) is 22.6 Å². The lowest BCUT2D eigenvalue weighted by Crippen LogP contribution is -2.30. The molecule has 0 aromatic rings. The van der Waals surface area contributed by atoms with Gasteiger partial charge in [0.1, 0.15) is 5.60 Å². The quantitative estimate of drug-likeness (QED) is 0.454. The van der Waals surface area contributed by atoms with Crippen LogP contribution in [0, 0.1) is 0 Å². The van der Waals surface area contributed by atoms with Gasteiger partial charge in [-0.15, -0.1) is 0 Å². The molecule has 3 nitrogen and oxygen atoms in total. The Morgan fingerprint density at radius 1 is 1.50 bits per heavy atom. The minimum Gasteiger partial charge on any atom is -0.432 e. The van der Waals surface area contributed by atoms with Gasteiger partial charge in [-0.3, -0.25) is 0 Å². The highest BCUT2D eigenvalue weighted by Crippen LogP contribution is 2.13. The molecule has 0 heterocycles. The maximum Gasteiger partial charge on any atom is 0.509 e. The maximum absolute atomic E-state index is 11.0. The average molecular weight is 286 g/mol. The number of alkyl halides is 1. The first-order valence-corrected chi connectivity index (χ1v) is 5.35. The molecular weight excluding hydrogens is 271 g/mol. The highest BCUT2D eigenvalue weighted by Gasteiger charge is 2.22. The summed E-state index contributed by atoms with van der Waals surface area (Å²) in [4.78, 5) is 11.0. The van der Waals surface area contributed by atoms with Crippen molar-refractivity contribution in [3.05, 3.63) is 0 Å². The lowest BCUT2D eigenvalue weighted by Gasteiger charge is -2.22. The summed E-state index contributed by atoms with van der Waals surface area (Å²) >= 11 is 2.16. The molecule has 12 heavy (non-hydrogen) atoms. The van der Waals surface area contributed by atoms with Crippen molar-refractivity contribution in [3.8, 4) is 0 Å². The Kier molecular flexibility index (Phi) is 4.89. The third-order valence-corrected chi connectivity index (χ3v) is 2.85. The van der Waals surface area contributed by atoms with Gasteiger partial charge in [-0.25, -0.2) is 4.79 Å². The van der Waals surface area contributed by atoms with Crippen LogP contribution in [-0.2, 0) is 9.47 Å². The second-order valence-electron chi connectivity index (χ2n) is 3.41. The molecule has 4 heteroatoms. The smallest absolute Gasteiger partial charge is 0.432 e. The molecule has 0 rings (SSSR count). The molecule has 0 radical (unpaired) electrons. The minimum atomic E-state index is -0.591. The zero-order valence-electron chi connectivity index (χ0n) is 7.89. The van der Waals surface area contributed by atoms with Crippen molar-refractivity contribution in [1.82, 2.24) is 0 Å². The summed E-state index contributed by atoms with van der Waals surface area (Å²) < 4.78 is 10.6. The molecule has 72 valence electrons. The second kappa shape index (κ2) is 4.89. The summed E-state index contributed by atoms with van der Waals surface area (Å²) in [6, 6.07) is 0. The fraction of sp³-hybridized carbons (Fsp3) is 0.875. The van der Waals surface area contributed by atoms with Crippen molar-refractivity contribution in [1.29, 1.82) is 0 Å². The zero-order chi connectivity index (χ0) is 9.78. The van der Waals surface area contributed by atoms with E-state index in [1.165, 1.54) is 0 Å². The van der Waals surface area contributed by atoms with E-state index in [9.17, 15) is 4.79 Å². The van der Waals surface area contributed by atoms with Crippen LogP contribution in [0.1, 0.15) is 27.7 Å². The number of hydrogen-bond donors (Lipinski definition) is 0. The van der Waals surface area contributed by atoms with E-state index in [-0.39, 0.29) is 6.10 Å². The van der Waals surface area contributed by atoms with Crippen LogP contribution < -0.4 is 0 Å². The van der Waals surface area contributed by atoms with Crippen LogP contribution in [0.15, 0.2) is 0 Å². The van der Waals surface area contributed by atoms with Gasteiger partial charge in [0.2, 0.25) is 0 Å². The number of halogens is 1. The first kappa shape index (κ1) is 12.0. The summed E-state index contributed by atoms with van der Waals surface area (Å²) in [7, 11) is 0. The predicted octanol–water partition coefficient (Wildman–Crippen LogP) is 2.76. The Morgan fingerprint density at radius 2 is 2.00 bits per heavy atom. The molecule has 0 aromatic heterocycles. The molecule has 0 amide bonds. The van der Waals surface area contributed by atoms with Crippen molar-refractivity contribution < 1.29 is 14.3 Å². The standard InChI is InChI=1S/C8H15IO3/c1-6(2)11-7(10)12-8(3,4)5-9/h6H,5H2,1-4H3. The lowest BCUT2D eigenvalue weighted by molar-refractivity contribution is -0.0167. The van der Waals surface area contributed by atoms with E-state index >= 15 is 0 Å². The van der Waals surface area contributed by atoms with Crippen LogP contribution in [0.2, 0.25) is 0 Å². The number of carbonyl (C=O) groups excluding carboxylic acids is 1. The fourth-order valence-electron chi connectivity index (χ4n) is 0.469. The third kappa shape index (κ3) is 5.62. The van der Waals surface area contributed by atoms with E-state index < -0.39 is 11.8 Å². The number of carbonyl (C=O) groups is 1. The van der Waals surface area contributed by atoms with Gasteiger partial charge in [-0.1, -0.05) is 22.6 Å². The number of ether oxygens (including phenoxy) is 2. The SMILES string of the molecule is CC(C)OC(=O)OC(C)(C)CI. The molecule has 0 aliphatic rings. The normalized spacial score (nSPS) is 11.5. The minimum absolute atomic E-state index is 0.123.